The normalized spacial score (nSPS) is 16.0. The van der Waals surface area contributed by atoms with Crippen LogP contribution in [0.1, 0.15) is 38.2 Å². The third-order valence-electron chi connectivity index (χ3n) is 3.36. The van der Waals surface area contributed by atoms with Gasteiger partial charge < -0.3 is 9.47 Å². The monoisotopic (exact) mass is 332 g/mol. The minimum Gasteiger partial charge on any atom is -0.338 e. The number of hydrogen-bond donors (Lipinski definition) is 0. The Kier molecular flexibility index (Phi) is 3.38. The van der Waals surface area contributed by atoms with Gasteiger partial charge in [-0.1, -0.05) is 20.8 Å². The van der Waals surface area contributed by atoms with E-state index in [1.165, 1.54) is 11.5 Å². The Balaban J connectivity index is 1.83. The molecule has 0 radical (unpaired) electrons. The molecule has 120 valence electrons. The van der Waals surface area contributed by atoms with Crippen LogP contribution >= 0.6 is 11.5 Å². The molecule has 3 rings (SSSR count). The first-order chi connectivity index (χ1) is 10.2. The Hall–Kier alpha value is -1.71. The van der Waals surface area contributed by atoms with Gasteiger partial charge in [0.05, 0.1) is 6.54 Å². The number of fused-ring (bicyclic) bond motifs is 1. The molecule has 0 unspecified atom stereocenters. The highest BCUT2D eigenvalue weighted by molar-refractivity contribution is 7.09. The molecule has 0 spiro atoms. The van der Waals surface area contributed by atoms with Gasteiger partial charge >= 0.3 is 6.18 Å². The maximum atomic E-state index is 12.8. The van der Waals surface area contributed by atoms with Crippen LogP contribution in [0.4, 0.5) is 18.3 Å². The molecular weight excluding hydrogens is 317 g/mol. The van der Waals surface area contributed by atoms with Crippen LogP contribution in [0, 0.1) is 0 Å². The highest BCUT2D eigenvalue weighted by atomic mass is 32.1. The fourth-order valence-corrected chi connectivity index (χ4v) is 3.06. The van der Waals surface area contributed by atoms with Crippen LogP contribution in [0.15, 0.2) is 0 Å². The smallest absolute Gasteiger partial charge is 0.338 e. The summed E-state index contributed by atoms with van der Waals surface area (Å²) < 4.78 is 43.9. The summed E-state index contributed by atoms with van der Waals surface area (Å²) in [6.07, 6.45) is -4.48. The predicted octanol–water partition coefficient (Wildman–Crippen LogP) is 2.47. The van der Waals surface area contributed by atoms with E-state index in [0.717, 1.165) is 10.4 Å². The van der Waals surface area contributed by atoms with Crippen molar-refractivity contribution in [3.8, 4) is 0 Å². The lowest BCUT2D eigenvalue weighted by molar-refractivity contribution is -0.147. The lowest BCUT2D eigenvalue weighted by atomic mass is 9.96. The maximum Gasteiger partial charge on any atom is 0.451 e. The lowest BCUT2D eigenvalue weighted by Crippen LogP contribution is -2.35. The lowest BCUT2D eigenvalue weighted by Gasteiger charge is -2.27. The van der Waals surface area contributed by atoms with Crippen molar-refractivity contribution in [1.29, 1.82) is 0 Å². The van der Waals surface area contributed by atoms with Crippen LogP contribution in [0.3, 0.4) is 0 Å². The zero-order chi connectivity index (χ0) is 16.1. The van der Waals surface area contributed by atoms with Gasteiger partial charge in [-0.05, 0) is 0 Å². The van der Waals surface area contributed by atoms with E-state index in [4.69, 9.17) is 0 Å². The van der Waals surface area contributed by atoms with Crippen molar-refractivity contribution in [2.24, 2.45) is 0 Å². The zero-order valence-corrected chi connectivity index (χ0v) is 13.2. The van der Waals surface area contributed by atoms with Crippen LogP contribution in [0.25, 0.3) is 0 Å². The van der Waals surface area contributed by atoms with Crippen molar-refractivity contribution < 1.29 is 13.2 Å². The molecule has 3 heterocycles. The quantitative estimate of drug-likeness (QED) is 0.803. The van der Waals surface area contributed by atoms with Crippen molar-refractivity contribution >= 4 is 16.7 Å². The minimum absolute atomic E-state index is 0.159. The second-order valence-electron chi connectivity index (χ2n) is 6.16. The molecule has 0 N–H and O–H groups in total. The Morgan fingerprint density at radius 1 is 1.09 bits per heavy atom. The van der Waals surface area contributed by atoms with Crippen molar-refractivity contribution in [1.82, 2.24) is 24.1 Å². The number of anilines is 1. The van der Waals surface area contributed by atoms with Gasteiger partial charge in [0.1, 0.15) is 5.82 Å². The number of halogens is 3. The highest BCUT2D eigenvalue weighted by Crippen LogP contribution is 2.31. The van der Waals surface area contributed by atoms with Crippen LogP contribution in [-0.2, 0) is 24.7 Å². The summed E-state index contributed by atoms with van der Waals surface area (Å²) in [7, 11) is 0. The Labute approximate surface area is 129 Å². The van der Waals surface area contributed by atoms with Crippen molar-refractivity contribution in [3.05, 3.63) is 17.5 Å². The molecule has 0 atom stereocenters. The number of hydrogen-bond acceptors (Lipinski definition) is 6. The second kappa shape index (κ2) is 4.90. The van der Waals surface area contributed by atoms with Gasteiger partial charge in [0.2, 0.25) is 11.0 Å². The van der Waals surface area contributed by atoms with Crippen LogP contribution in [-0.4, -0.2) is 30.7 Å². The van der Waals surface area contributed by atoms with Crippen LogP contribution in [0.2, 0.25) is 0 Å². The molecule has 1 aliphatic rings. The SMILES string of the molecule is CC(C)(C)c1nsc(N2CCn3c(nnc3C(F)(F)F)C2)n1. The molecule has 0 aromatic carbocycles. The summed E-state index contributed by atoms with van der Waals surface area (Å²) in [5.41, 5.74) is -0.159. The first-order valence-corrected chi connectivity index (χ1v) is 7.52. The third-order valence-corrected chi connectivity index (χ3v) is 4.14. The minimum atomic E-state index is -4.48. The van der Waals surface area contributed by atoms with Gasteiger partial charge in [0, 0.05) is 30.0 Å². The maximum absolute atomic E-state index is 12.8. The number of nitrogens with zero attached hydrogens (tertiary/aromatic N) is 6. The van der Waals surface area contributed by atoms with Crippen LogP contribution < -0.4 is 4.90 Å². The van der Waals surface area contributed by atoms with Gasteiger partial charge in [-0.15, -0.1) is 10.2 Å². The van der Waals surface area contributed by atoms with Gasteiger partial charge in [-0.3, -0.25) is 0 Å². The molecule has 0 saturated heterocycles. The molecule has 0 saturated carbocycles. The zero-order valence-electron chi connectivity index (χ0n) is 12.3. The Morgan fingerprint density at radius 2 is 1.82 bits per heavy atom. The summed E-state index contributed by atoms with van der Waals surface area (Å²) in [5, 5.41) is 7.63. The van der Waals surface area contributed by atoms with Gasteiger partial charge in [-0.2, -0.15) is 17.5 Å². The van der Waals surface area contributed by atoms with Crippen molar-refractivity contribution in [3.63, 3.8) is 0 Å². The van der Waals surface area contributed by atoms with E-state index in [0.29, 0.717) is 17.5 Å². The predicted molar refractivity (Wildman–Crippen MR) is 74.7 cm³/mol. The average molecular weight is 332 g/mol. The Bertz CT molecular complexity index is 684. The molecular formula is C12H15F3N6S. The standard InChI is InChI=1S/C12H15F3N6S/c1-11(2,3)8-16-10(22-19-8)20-4-5-21-7(6-20)17-18-9(21)12(13,14)15/h4-6H2,1-3H3. The highest BCUT2D eigenvalue weighted by Gasteiger charge is 2.39. The molecule has 0 fully saturated rings. The van der Waals surface area contributed by atoms with E-state index >= 15 is 0 Å². The summed E-state index contributed by atoms with van der Waals surface area (Å²) in [5.74, 6) is 0.0939. The van der Waals surface area contributed by atoms with E-state index in [-0.39, 0.29) is 18.5 Å². The number of rotatable bonds is 1. The van der Waals surface area contributed by atoms with Gasteiger partial charge in [-0.25, -0.2) is 4.98 Å². The fraction of sp³-hybridized carbons (Fsp3) is 0.667. The molecule has 10 heteroatoms. The van der Waals surface area contributed by atoms with E-state index in [2.05, 4.69) is 19.6 Å². The van der Waals surface area contributed by atoms with E-state index in [1.807, 2.05) is 25.7 Å². The molecule has 2 aromatic rings. The molecule has 0 amide bonds. The first-order valence-electron chi connectivity index (χ1n) is 6.74. The third kappa shape index (κ3) is 2.67. The number of alkyl halides is 3. The molecule has 6 nitrogen and oxygen atoms in total. The topological polar surface area (TPSA) is 59.7 Å². The molecule has 0 bridgehead atoms. The first kappa shape index (κ1) is 15.2. The molecule has 2 aromatic heterocycles. The van der Waals surface area contributed by atoms with E-state index < -0.39 is 12.0 Å². The average Bonchev–Trinajstić information content (AvgIpc) is 3.03. The van der Waals surface area contributed by atoms with Crippen LogP contribution in [0.5, 0.6) is 0 Å². The second-order valence-corrected chi connectivity index (χ2v) is 6.89. The van der Waals surface area contributed by atoms with Crippen molar-refractivity contribution in [2.45, 2.75) is 45.5 Å². The summed E-state index contributed by atoms with van der Waals surface area (Å²) in [6, 6.07) is 0. The fourth-order valence-electron chi connectivity index (χ4n) is 2.18. The van der Waals surface area contributed by atoms with Gasteiger partial charge in [0.25, 0.3) is 0 Å². The summed E-state index contributed by atoms with van der Waals surface area (Å²) >= 11 is 1.26. The number of aromatic nitrogens is 5. The van der Waals surface area contributed by atoms with E-state index in [1.54, 1.807) is 0 Å². The summed E-state index contributed by atoms with van der Waals surface area (Å²) in [4.78, 5) is 6.37. The van der Waals surface area contributed by atoms with Gasteiger partial charge in [0.15, 0.2) is 5.82 Å². The molecule has 22 heavy (non-hydrogen) atoms. The molecule has 1 aliphatic heterocycles. The summed E-state index contributed by atoms with van der Waals surface area (Å²) in [6.45, 7) is 6.90. The largest absolute Gasteiger partial charge is 0.451 e. The Morgan fingerprint density at radius 3 is 2.41 bits per heavy atom. The van der Waals surface area contributed by atoms with E-state index in [9.17, 15) is 13.2 Å². The van der Waals surface area contributed by atoms with Crippen molar-refractivity contribution in [2.75, 3.05) is 11.4 Å². The molecule has 0 aliphatic carbocycles.